The predicted molar refractivity (Wildman–Crippen MR) is 73.8 cm³/mol. The number of hydrogen-bond donors (Lipinski definition) is 2. The van der Waals surface area contributed by atoms with Crippen molar-refractivity contribution in [2.75, 3.05) is 38.1 Å². The molecular weight excluding hydrogens is 210 g/mol. The van der Waals surface area contributed by atoms with Crippen LogP contribution in [0.25, 0.3) is 0 Å². The van der Waals surface area contributed by atoms with E-state index in [1.807, 2.05) is 7.05 Å². The van der Waals surface area contributed by atoms with Crippen LogP contribution in [-0.4, -0.2) is 39.3 Å². The van der Waals surface area contributed by atoms with Gasteiger partial charge >= 0.3 is 0 Å². The Morgan fingerprint density at radius 1 is 1.41 bits per heavy atom. The number of rotatable bonds is 3. The Kier molecular flexibility index (Phi) is 4.02. The van der Waals surface area contributed by atoms with Gasteiger partial charge in [0.15, 0.2) is 0 Å². The largest absolute Gasteiger partial charge is 0.368 e. The second-order valence-electron chi connectivity index (χ2n) is 4.94. The smallest absolute Gasteiger partial charge is 0.0399 e. The molecule has 2 N–H and O–H groups in total. The van der Waals surface area contributed by atoms with E-state index in [9.17, 15) is 0 Å². The number of anilines is 1. The van der Waals surface area contributed by atoms with E-state index in [-0.39, 0.29) is 0 Å². The van der Waals surface area contributed by atoms with Crippen molar-refractivity contribution in [3.63, 3.8) is 0 Å². The maximum Gasteiger partial charge on any atom is 0.0399 e. The number of aryl methyl sites for hydroxylation is 2. The van der Waals surface area contributed by atoms with Gasteiger partial charge in [0.2, 0.25) is 0 Å². The minimum atomic E-state index is 0.550. The summed E-state index contributed by atoms with van der Waals surface area (Å²) < 4.78 is 0. The van der Waals surface area contributed by atoms with Crippen molar-refractivity contribution in [2.24, 2.45) is 0 Å². The summed E-state index contributed by atoms with van der Waals surface area (Å²) in [4.78, 5) is 2.50. The molecule has 2 rings (SSSR count). The van der Waals surface area contributed by atoms with Gasteiger partial charge in [0.25, 0.3) is 0 Å². The summed E-state index contributed by atoms with van der Waals surface area (Å²) in [5.41, 5.74) is 4.11. The Morgan fingerprint density at radius 2 is 2.24 bits per heavy atom. The standard InChI is InChI=1S/C14H23N3/c1-11-4-5-12(2)14(8-11)17-7-6-16-13(10-17)9-15-3/h4-5,8,13,15-16H,6-7,9-10H2,1-3H3. The third-order valence-corrected chi connectivity index (χ3v) is 3.41. The molecular formula is C14H23N3. The van der Waals surface area contributed by atoms with Gasteiger partial charge in [0, 0.05) is 37.9 Å². The summed E-state index contributed by atoms with van der Waals surface area (Å²) in [7, 11) is 2.01. The molecule has 1 aliphatic heterocycles. The van der Waals surface area contributed by atoms with Crippen LogP contribution < -0.4 is 15.5 Å². The lowest BCUT2D eigenvalue weighted by Crippen LogP contribution is -2.54. The molecule has 1 fully saturated rings. The van der Waals surface area contributed by atoms with Gasteiger partial charge in [-0.2, -0.15) is 0 Å². The lowest BCUT2D eigenvalue weighted by atomic mass is 10.1. The summed E-state index contributed by atoms with van der Waals surface area (Å²) in [6, 6.07) is 7.26. The number of benzene rings is 1. The van der Waals surface area contributed by atoms with Crippen LogP contribution in [0.3, 0.4) is 0 Å². The van der Waals surface area contributed by atoms with Crippen molar-refractivity contribution in [3.05, 3.63) is 29.3 Å². The third kappa shape index (κ3) is 2.99. The first-order chi connectivity index (χ1) is 8.20. The zero-order valence-electron chi connectivity index (χ0n) is 11.1. The van der Waals surface area contributed by atoms with Gasteiger partial charge in [0.1, 0.15) is 0 Å². The van der Waals surface area contributed by atoms with Crippen LogP contribution in [0.1, 0.15) is 11.1 Å². The minimum Gasteiger partial charge on any atom is -0.368 e. The van der Waals surface area contributed by atoms with Gasteiger partial charge in [-0.3, -0.25) is 0 Å². The van der Waals surface area contributed by atoms with Gasteiger partial charge < -0.3 is 15.5 Å². The van der Waals surface area contributed by atoms with Crippen molar-refractivity contribution in [1.29, 1.82) is 0 Å². The van der Waals surface area contributed by atoms with E-state index in [1.165, 1.54) is 16.8 Å². The van der Waals surface area contributed by atoms with Crippen molar-refractivity contribution in [2.45, 2.75) is 19.9 Å². The first-order valence-corrected chi connectivity index (χ1v) is 6.41. The highest BCUT2D eigenvalue weighted by Gasteiger charge is 2.19. The van der Waals surface area contributed by atoms with E-state index in [0.29, 0.717) is 6.04 Å². The van der Waals surface area contributed by atoms with E-state index < -0.39 is 0 Å². The lowest BCUT2D eigenvalue weighted by Gasteiger charge is -2.36. The highest BCUT2D eigenvalue weighted by atomic mass is 15.2. The number of likely N-dealkylation sites (N-methyl/N-ethyl adjacent to an activating group) is 1. The number of nitrogens with one attached hydrogen (secondary N) is 2. The highest BCUT2D eigenvalue weighted by molar-refractivity contribution is 5.55. The molecule has 17 heavy (non-hydrogen) atoms. The molecule has 94 valence electrons. The Bertz CT molecular complexity index is 374. The van der Waals surface area contributed by atoms with Gasteiger partial charge in [-0.15, -0.1) is 0 Å². The second-order valence-corrected chi connectivity index (χ2v) is 4.94. The van der Waals surface area contributed by atoms with Crippen molar-refractivity contribution >= 4 is 5.69 Å². The molecule has 0 saturated carbocycles. The van der Waals surface area contributed by atoms with Crippen molar-refractivity contribution < 1.29 is 0 Å². The number of nitrogens with zero attached hydrogens (tertiary/aromatic N) is 1. The highest BCUT2D eigenvalue weighted by Crippen LogP contribution is 2.22. The van der Waals surface area contributed by atoms with Crippen LogP contribution in [-0.2, 0) is 0 Å². The molecule has 0 radical (unpaired) electrons. The fraction of sp³-hybridized carbons (Fsp3) is 0.571. The van der Waals surface area contributed by atoms with Gasteiger partial charge in [-0.25, -0.2) is 0 Å². The molecule has 0 bridgehead atoms. The summed E-state index contributed by atoms with van der Waals surface area (Å²) in [6.07, 6.45) is 0. The Balaban J connectivity index is 2.13. The molecule has 1 heterocycles. The van der Waals surface area contributed by atoms with Gasteiger partial charge in [-0.05, 0) is 38.1 Å². The fourth-order valence-electron chi connectivity index (χ4n) is 2.49. The summed E-state index contributed by atoms with van der Waals surface area (Å²) in [5.74, 6) is 0. The average molecular weight is 233 g/mol. The first-order valence-electron chi connectivity index (χ1n) is 6.41. The zero-order chi connectivity index (χ0) is 12.3. The molecule has 0 spiro atoms. The minimum absolute atomic E-state index is 0.550. The van der Waals surface area contributed by atoms with Crippen LogP contribution in [0.15, 0.2) is 18.2 Å². The van der Waals surface area contributed by atoms with E-state index in [1.54, 1.807) is 0 Å². The molecule has 1 aromatic carbocycles. The Morgan fingerprint density at radius 3 is 3.00 bits per heavy atom. The lowest BCUT2D eigenvalue weighted by molar-refractivity contribution is 0.443. The quantitative estimate of drug-likeness (QED) is 0.824. The molecule has 1 atom stereocenters. The maximum absolute atomic E-state index is 3.55. The summed E-state index contributed by atoms with van der Waals surface area (Å²) in [5, 5.41) is 6.80. The maximum atomic E-state index is 3.55. The molecule has 1 aromatic rings. The molecule has 0 aromatic heterocycles. The summed E-state index contributed by atoms with van der Waals surface area (Å²) in [6.45, 7) is 8.65. The SMILES string of the molecule is CNCC1CN(c2cc(C)ccc2C)CCN1. The normalized spacial score (nSPS) is 20.6. The molecule has 3 heteroatoms. The monoisotopic (exact) mass is 233 g/mol. The van der Waals surface area contributed by atoms with E-state index >= 15 is 0 Å². The van der Waals surface area contributed by atoms with Gasteiger partial charge in [0.05, 0.1) is 0 Å². The van der Waals surface area contributed by atoms with E-state index in [0.717, 1.165) is 26.2 Å². The predicted octanol–water partition coefficient (Wildman–Crippen LogP) is 1.30. The first kappa shape index (κ1) is 12.4. The molecule has 1 unspecified atom stereocenters. The molecule has 1 aliphatic rings. The van der Waals surface area contributed by atoms with Crippen LogP contribution >= 0.6 is 0 Å². The van der Waals surface area contributed by atoms with Crippen molar-refractivity contribution in [3.8, 4) is 0 Å². The Labute approximate surface area is 104 Å². The summed E-state index contributed by atoms with van der Waals surface area (Å²) >= 11 is 0. The molecule has 1 saturated heterocycles. The zero-order valence-corrected chi connectivity index (χ0v) is 11.1. The number of hydrogen-bond acceptors (Lipinski definition) is 3. The third-order valence-electron chi connectivity index (χ3n) is 3.41. The topological polar surface area (TPSA) is 27.3 Å². The van der Waals surface area contributed by atoms with Crippen LogP contribution in [0.4, 0.5) is 5.69 Å². The second kappa shape index (κ2) is 5.52. The van der Waals surface area contributed by atoms with E-state index in [2.05, 4.69) is 47.6 Å². The Hall–Kier alpha value is -1.06. The van der Waals surface area contributed by atoms with Crippen molar-refractivity contribution in [1.82, 2.24) is 10.6 Å². The van der Waals surface area contributed by atoms with Gasteiger partial charge in [-0.1, -0.05) is 12.1 Å². The molecule has 0 amide bonds. The molecule has 0 aliphatic carbocycles. The molecule has 3 nitrogen and oxygen atoms in total. The van der Waals surface area contributed by atoms with Crippen LogP contribution in [0.5, 0.6) is 0 Å². The van der Waals surface area contributed by atoms with E-state index in [4.69, 9.17) is 0 Å². The van der Waals surface area contributed by atoms with Crippen LogP contribution in [0, 0.1) is 13.8 Å². The number of piperazine rings is 1. The van der Waals surface area contributed by atoms with Crippen LogP contribution in [0.2, 0.25) is 0 Å². The average Bonchev–Trinajstić information content (AvgIpc) is 2.33. The fourth-order valence-corrected chi connectivity index (χ4v) is 2.49.